The molecule has 0 heterocycles. The van der Waals surface area contributed by atoms with E-state index in [2.05, 4.69) is 0 Å². The normalized spacial score (nSPS) is 0. The molecule has 0 aliphatic rings. The molecule has 0 radical (unpaired) electrons. The summed E-state index contributed by atoms with van der Waals surface area (Å²) >= 11 is 0. The van der Waals surface area contributed by atoms with Crippen LogP contribution in [0.2, 0.25) is 0 Å². The predicted octanol–water partition coefficient (Wildman–Crippen LogP) is 2.29. The summed E-state index contributed by atoms with van der Waals surface area (Å²) in [6.45, 7) is 0. The first-order valence-corrected chi connectivity index (χ1v) is 0. The van der Waals surface area contributed by atoms with E-state index in [9.17, 15) is 0 Å². The standard InChI is InChI=1S/3Ca.4P.3Zn/q3*+2;4*-3;3*+2. The molecule has 0 N–H and O–H groups in total. The fourth-order valence-electron chi connectivity index (χ4n) is 0. The van der Waals surface area contributed by atoms with E-state index in [4.69, 9.17) is 0 Å². The second-order valence-corrected chi connectivity index (χ2v) is 0. The van der Waals surface area contributed by atoms with Gasteiger partial charge in [0, 0.05) is 0 Å². The SMILES string of the molecule is [Ca+2].[Ca+2].[Ca+2].[P-3].[P-3].[P-3].[P-3].[Zn+2].[Zn+2].[Zn+2]. The molecule has 0 atom stereocenters. The van der Waals surface area contributed by atoms with Crippen molar-refractivity contribution >= 4 is 153 Å². The Balaban J connectivity index is 0. The molecule has 0 aliphatic carbocycles. The van der Waals surface area contributed by atoms with E-state index in [1.807, 2.05) is 0 Å². The maximum Gasteiger partial charge on any atom is 2.00 e. The predicted molar refractivity (Wildman–Crippen MR) is 44.9 cm³/mol. The zero-order valence-electron chi connectivity index (χ0n) is 6.03. The van der Waals surface area contributed by atoms with Crippen molar-refractivity contribution < 1.29 is 58.4 Å². The first-order valence-electron chi connectivity index (χ1n) is 0. The summed E-state index contributed by atoms with van der Waals surface area (Å²) in [6.07, 6.45) is 0. The summed E-state index contributed by atoms with van der Waals surface area (Å²) in [7, 11) is 0. The van der Waals surface area contributed by atoms with Crippen LogP contribution in [0.4, 0.5) is 0 Å². The Morgan fingerprint density at radius 3 is 0.300 bits per heavy atom. The van der Waals surface area contributed by atoms with Crippen molar-refractivity contribution in [2.24, 2.45) is 0 Å². The molecule has 0 aliphatic heterocycles. The van der Waals surface area contributed by atoms with E-state index in [1.54, 1.807) is 0 Å². The number of hydrogen-bond acceptors (Lipinski definition) is 0. The van der Waals surface area contributed by atoms with E-state index in [0.717, 1.165) is 0 Å². The zero-order chi connectivity index (χ0) is 0. The largest absolute Gasteiger partial charge is 3.00 e. The summed E-state index contributed by atoms with van der Waals surface area (Å²) in [5.41, 5.74) is 0. The van der Waals surface area contributed by atoms with Gasteiger partial charge in [-0.3, -0.25) is 0 Å². The van der Waals surface area contributed by atoms with Crippen LogP contribution in [-0.2, 0) is 58.4 Å². The van der Waals surface area contributed by atoms with E-state index in [0.29, 0.717) is 0 Å². The number of rotatable bonds is 0. The maximum atomic E-state index is 0. The van der Waals surface area contributed by atoms with Gasteiger partial charge in [-0.2, -0.15) is 0 Å². The fourth-order valence-corrected chi connectivity index (χ4v) is 0. The molecule has 32 valence electrons. The van der Waals surface area contributed by atoms with Crippen LogP contribution >= 0.6 is 39.6 Å². The van der Waals surface area contributed by atoms with Gasteiger partial charge in [0.25, 0.3) is 0 Å². The summed E-state index contributed by atoms with van der Waals surface area (Å²) < 4.78 is 0. The minimum atomic E-state index is 0. The quantitative estimate of drug-likeness (QED) is 0.401. The molecule has 0 saturated heterocycles. The van der Waals surface area contributed by atoms with Crippen LogP contribution in [0.3, 0.4) is 0 Å². The Hall–Kier alpha value is 7.37. The summed E-state index contributed by atoms with van der Waals surface area (Å²) in [5, 5.41) is 0. The second kappa shape index (κ2) is 71.2. The van der Waals surface area contributed by atoms with E-state index in [1.165, 1.54) is 0 Å². The Bertz CT molecular complexity index is 15.7. The van der Waals surface area contributed by atoms with Gasteiger partial charge in [-0.25, -0.2) is 0 Å². The summed E-state index contributed by atoms with van der Waals surface area (Å²) in [4.78, 5) is 0. The molecule has 10 heavy (non-hydrogen) atoms. The second-order valence-electron chi connectivity index (χ2n) is 0. The average Bonchev–Trinajstić information content (AvgIpc) is 0. The van der Waals surface area contributed by atoms with E-state index >= 15 is 0 Å². The van der Waals surface area contributed by atoms with Crippen molar-refractivity contribution in [2.75, 3.05) is 0 Å². The third-order valence-electron chi connectivity index (χ3n) is 0. The summed E-state index contributed by atoms with van der Waals surface area (Å²) in [5.74, 6) is 0. The Labute approximate surface area is 205 Å². The molecule has 0 aromatic heterocycles. The van der Waals surface area contributed by atoms with Crippen LogP contribution in [0.25, 0.3) is 0 Å². The van der Waals surface area contributed by atoms with Gasteiger partial charge < -0.3 is 39.6 Å². The van der Waals surface area contributed by atoms with Crippen molar-refractivity contribution in [1.29, 1.82) is 0 Å². The number of hydrogen-bond donors (Lipinski definition) is 0. The van der Waals surface area contributed by atoms with Crippen molar-refractivity contribution in [1.82, 2.24) is 0 Å². The Kier molecular flexibility index (Phi) is 610. The van der Waals surface area contributed by atoms with Gasteiger partial charge in [0.05, 0.1) is 0 Å². The van der Waals surface area contributed by atoms with E-state index < -0.39 is 0 Å². The van der Waals surface area contributed by atoms with Crippen LogP contribution in [0.1, 0.15) is 0 Å². The van der Waals surface area contributed by atoms with Gasteiger partial charge in [-0.1, -0.05) is 0 Å². The minimum absolute atomic E-state index is 0. The molecule has 0 rings (SSSR count). The van der Waals surface area contributed by atoms with Gasteiger partial charge in [0.1, 0.15) is 0 Å². The third-order valence-corrected chi connectivity index (χ3v) is 0. The van der Waals surface area contributed by atoms with Crippen LogP contribution in [0, 0.1) is 0 Å². The van der Waals surface area contributed by atoms with Crippen LogP contribution < -0.4 is 0 Å². The molecule has 0 aromatic carbocycles. The molecule has 0 unspecified atom stereocenters. The molecule has 0 nitrogen and oxygen atoms in total. The maximum absolute atomic E-state index is 0. The van der Waals surface area contributed by atoms with Crippen LogP contribution in [0.15, 0.2) is 0 Å². The molecule has 0 amide bonds. The molecular weight excluding hydrogens is 440 g/mol. The van der Waals surface area contributed by atoms with Crippen molar-refractivity contribution in [3.63, 3.8) is 0 Å². The Morgan fingerprint density at radius 1 is 0.300 bits per heavy atom. The van der Waals surface area contributed by atoms with Crippen molar-refractivity contribution in [3.05, 3.63) is 0 Å². The fraction of sp³-hybridized carbons (Fsp3) is 0. The molecule has 0 bridgehead atoms. The van der Waals surface area contributed by atoms with Crippen molar-refractivity contribution in [2.45, 2.75) is 0 Å². The third kappa shape index (κ3) is 58.4. The molecule has 0 fully saturated rings. The smallest absolute Gasteiger partial charge is 2.00 e. The first-order chi connectivity index (χ1) is 0. The van der Waals surface area contributed by atoms with E-state index in [-0.39, 0.29) is 211 Å². The van der Waals surface area contributed by atoms with Crippen molar-refractivity contribution in [3.8, 4) is 0 Å². The monoisotopic (exact) mass is 436 g/mol. The first kappa shape index (κ1) is 85.7. The van der Waals surface area contributed by atoms with Gasteiger partial charge in [0.2, 0.25) is 0 Å². The minimum Gasteiger partial charge on any atom is -3.00 e. The molecule has 0 saturated carbocycles. The topological polar surface area (TPSA) is 0 Å². The van der Waals surface area contributed by atoms with Gasteiger partial charge in [-0.15, -0.1) is 0 Å². The van der Waals surface area contributed by atoms with Gasteiger partial charge in [0.15, 0.2) is 0 Å². The van der Waals surface area contributed by atoms with Gasteiger partial charge in [-0.05, 0) is 0 Å². The average molecular weight is 440 g/mol. The zero-order valence-corrected chi connectivity index (χ0v) is 25.1. The van der Waals surface area contributed by atoms with Gasteiger partial charge >= 0.3 is 172 Å². The van der Waals surface area contributed by atoms with Crippen LogP contribution in [-0.4, -0.2) is 113 Å². The molecule has 10 heteroatoms. The molecule has 0 aromatic rings. The Morgan fingerprint density at radius 2 is 0.300 bits per heavy atom. The molecular formula is Ca3P4Zn3. The van der Waals surface area contributed by atoms with Crippen LogP contribution in [0.5, 0.6) is 0 Å². The molecule has 0 spiro atoms. The summed E-state index contributed by atoms with van der Waals surface area (Å²) in [6, 6.07) is 0.